The summed E-state index contributed by atoms with van der Waals surface area (Å²) >= 11 is 0. The summed E-state index contributed by atoms with van der Waals surface area (Å²) in [4.78, 5) is 21.2. The maximum Gasteiger partial charge on any atom is 0.224 e. The van der Waals surface area contributed by atoms with Crippen molar-refractivity contribution < 1.29 is 4.79 Å². The van der Waals surface area contributed by atoms with E-state index in [9.17, 15) is 4.79 Å². The number of nitrogens with zero attached hydrogens (tertiary/aromatic N) is 7. The molecule has 1 N–H and O–H groups in total. The van der Waals surface area contributed by atoms with Crippen molar-refractivity contribution in [1.29, 1.82) is 5.26 Å². The molecule has 0 saturated heterocycles. The van der Waals surface area contributed by atoms with E-state index >= 15 is 0 Å². The first-order valence-corrected chi connectivity index (χ1v) is 9.06. The number of fused-ring (bicyclic) bond motifs is 1. The standard InChI is InChI=1S/C20H18N8O/c1-13-17(14(2)28-20(25-13)15(10-21)11-24-28)5-7-19(29)26-16-4-6-18(22-12-16)27-9-3-8-23-27/h3-4,6,8-9,11-12H,5,7H2,1-2H3,(H,26,29). The molecule has 9 nitrogen and oxygen atoms in total. The average Bonchev–Trinajstić information content (AvgIpc) is 3.38. The molecule has 4 heterocycles. The van der Waals surface area contributed by atoms with Gasteiger partial charge in [-0.05, 0) is 44.0 Å². The van der Waals surface area contributed by atoms with Crippen LogP contribution in [-0.2, 0) is 11.2 Å². The maximum atomic E-state index is 12.4. The van der Waals surface area contributed by atoms with Crippen LogP contribution in [0.2, 0.25) is 0 Å². The fourth-order valence-corrected chi connectivity index (χ4v) is 3.21. The van der Waals surface area contributed by atoms with E-state index in [1.54, 1.807) is 39.9 Å². The van der Waals surface area contributed by atoms with Crippen molar-refractivity contribution in [2.45, 2.75) is 26.7 Å². The molecule has 4 aromatic rings. The third-order valence-electron chi connectivity index (χ3n) is 4.70. The molecule has 0 radical (unpaired) electrons. The van der Waals surface area contributed by atoms with Crippen LogP contribution in [0.5, 0.6) is 0 Å². The monoisotopic (exact) mass is 386 g/mol. The summed E-state index contributed by atoms with van der Waals surface area (Å²) in [6.45, 7) is 3.80. The first-order valence-electron chi connectivity index (χ1n) is 9.06. The van der Waals surface area contributed by atoms with E-state index in [4.69, 9.17) is 5.26 Å². The highest BCUT2D eigenvalue weighted by Gasteiger charge is 2.15. The number of carbonyl (C=O) groups is 1. The number of hydrogen-bond acceptors (Lipinski definition) is 6. The van der Waals surface area contributed by atoms with E-state index in [1.807, 2.05) is 19.9 Å². The Labute approximate surface area is 166 Å². The van der Waals surface area contributed by atoms with E-state index in [-0.39, 0.29) is 5.91 Å². The van der Waals surface area contributed by atoms with E-state index in [2.05, 4.69) is 31.6 Å². The number of anilines is 1. The van der Waals surface area contributed by atoms with Crippen LogP contribution < -0.4 is 5.32 Å². The van der Waals surface area contributed by atoms with Crippen LogP contribution in [-0.4, -0.2) is 35.3 Å². The molecule has 0 fully saturated rings. The van der Waals surface area contributed by atoms with E-state index in [0.29, 0.717) is 35.6 Å². The van der Waals surface area contributed by atoms with Crippen molar-refractivity contribution in [3.8, 4) is 11.9 Å². The number of nitriles is 1. The number of rotatable bonds is 5. The topological polar surface area (TPSA) is 114 Å². The van der Waals surface area contributed by atoms with Crippen molar-refractivity contribution in [1.82, 2.24) is 29.4 Å². The summed E-state index contributed by atoms with van der Waals surface area (Å²) in [6, 6.07) is 7.49. The highest BCUT2D eigenvalue weighted by Crippen LogP contribution is 2.18. The molecule has 0 aliphatic rings. The minimum atomic E-state index is -0.115. The largest absolute Gasteiger partial charge is 0.325 e. The third-order valence-corrected chi connectivity index (χ3v) is 4.70. The first kappa shape index (κ1) is 18.3. The minimum absolute atomic E-state index is 0.115. The zero-order valence-electron chi connectivity index (χ0n) is 16.0. The van der Waals surface area contributed by atoms with Gasteiger partial charge in [0.25, 0.3) is 0 Å². The number of pyridine rings is 1. The molecule has 29 heavy (non-hydrogen) atoms. The van der Waals surface area contributed by atoms with Gasteiger partial charge in [-0.15, -0.1) is 0 Å². The lowest BCUT2D eigenvalue weighted by molar-refractivity contribution is -0.116. The summed E-state index contributed by atoms with van der Waals surface area (Å²) in [6.07, 6.45) is 7.40. The summed E-state index contributed by atoms with van der Waals surface area (Å²) < 4.78 is 3.30. The Bertz CT molecular complexity index is 1220. The molecule has 9 heteroatoms. The molecule has 0 aliphatic carbocycles. The fraction of sp³-hybridized carbons (Fsp3) is 0.200. The summed E-state index contributed by atoms with van der Waals surface area (Å²) in [7, 11) is 0. The van der Waals surface area contributed by atoms with Gasteiger partial charge < -0.3 is 5.32 Å². The number of aromatic nitrogens is 6. The normalized spacial score (nSPS) is 10.8. The number of hydrogen-bond donors (Lipinski definition) is 1. The lowest BCUT2D eigenvalue weighted by Gasteiger charge is -2.11. The van der Waals surface area contributed by atoms with Gasteiger partial charge in [0.1, 0.15) is 11.6 Å². The molecule has 0 bridgehead atoms. The Kier molecular flexibility index (Phi) is 4.75. The Balaban J connectivity index is 1.44. The number of aryl methyl sites for hydroxylation is 2. The van der Waals surface area contributed by atoms with Crippen LogP contribution in [0.3, 0.4) is 0 Å². The van der Waals surface area contributed by atoms with Gasteiger partial charge in [-0.2, -0.15) is 15.5 Å². The molecule has 0 unspecified atom stereocenters. The number of amides is 1. The summed E-state index contributed by atoms with van der Waals surface area (Å²) in [5.41, 5.74) is 4.23. The van der Waals surface area contributed by atoms with Crippen LogP contribution in [0.1, 0.15) is 28.9 Å². The molecular formula is C20H18N8O. The average molecular weight is 386 g/mol. The zero-order valence-corrected chi connectivity index (χ0v) is 16.0. The van der Waals surface area contributed by atoms with E-state index in [1.165, 1.54) is 6.20 Å². The van der Waals surface area contributed by atoms with Crippen LogP contribution in [0, 0.1) is 25.2 Å². The van der Waals surface area contributed by atoms with Gasteiger partial charge in [0, 0.05) is 30.2 Å². The minimum Gasteiger partial charge on any atom is -0.325 e. The lowest BCUT2D eigenvalue weighted by atomic mass is 10.1. The molecule has 0 aromatic carbocycles. The van der Waals surface area contributed by atoms with Crippen molar-refractivity contribution in [2.75, 3.05) is 5.32 Å². The quantitative estimate of drug-likeness (QED) is 0.563. The van der Waals surface area contributed by atoms with Gasteiger partial charge in [0.15, 0.2) is 11.5 Å². The van der Waals surface area contributed by atoms with Gasteiger partial charge in [-0.3, -0.25) is 4.79 Å². The van der Waals surface area contributed by atoms with Crippen LogP contribution >= 0.6 is 0 Å². The molecule has 144 valence electrons. The van der Waals surface area contributed by atoms with E-state index < -0.39 is 0 Å². The molecular weight excluding hydrogens is 368 g/mol. The molecule has 4 rings (SSSR count). The zero-order chi connectivity index (χ0) is 20.4. The molecule has 4 aromatic heterocycles. The predicted octanol–water partition coefficient (Wildman–Crippen LogP) is 2.37. The lowest BCUT2D eigenvalue weighted by Crippen LogP contribution is -2.14. The van der Waals surface area contributed by atoms with Crippen LogP contribution in [0.4, 0.5) is 5.69 Å². The highest BCUT2D eigenvalue weighted by atomic mass is 16.1. The van der Waals surface area contributed by atoms with Crippen molar-refractivity contribution >= 4 is 17.2 Å². The van der Waals surface area contributed by atoms with E-state index in [0.717, 1.165) is 17.0 Å². The summed E-state index contributed by atoms with van der Waals surface area (Å²) in [5, 5.41) is 20.4. The third kappa shape index (κ3) is 3.55. The Hall–Kier alpha value is -4.06. The maximum absolute atomic E-state index is 12.4. The highest BCUT2D eigenvalue weighted by molar-refractivity contribution is 5.90. The predicted molar refractivity (Wildman–Crippen MR) is 105 cm³/mol. The SMILES string of the molecule is Cc1nc2c(C#N)cnn2c(C)c1CCC(=O)Nc1ccc(-n2cccn2)nc1. The van der Waals surface area contributed by atoms with Crippen LogP contribution in [0.25, 0.3) is 11.5 Å². The van der Waals surface area contributed by atoms with Gasteiger partial charge >= 0.3 is 0 Å². The van der Waals surface area contributed by atoms with Crippen molar-refractivity contribution in [3.63, 3.8) is 0 Å². The fourth-order valence-electron chi connectivity index (χ4n) is 3.21. The van der Waals surface area contributed by atoms with Crippen LogP contribution in [0.15, 0.2) is 43.0 Å². The molecule has 0 spiro atoms. The second-order valence-electron chi connectivity index (χ2n) is 6.57. The molecule has 1 amide bonds. The van der Waals surface area contributed by atoms with Gasteiger partial charge in [0.05, 0.1) is 18.1 Å². The Morgan fingerprint density at radius 1 is 1.24 bits per heavy atom. The van der Waals surface area contributed by atoms with Gasteiger partial charge in [0.2, 0.25) is 5.91 Å². The first-order chi connectivity index (χ1) is 14.1. The smallest absolute Gasteiger partial charge is 0.224 e. The van der Waals surface area contributed by atoms with Crippen molar-refractivity contribution in [3.05, 3.63) is 65.5 Å². The number of carbonyl (C=O) groups excluding carboxylic acids is 1. The molecule has 0 saturated carbocycles. The second kappa shape index (κ2) is 7.52. The van der Waals surface area contributed by atoms with Crippen molar-refractivity contribution in [2.24, 2.45) is 0 Å². The molecule has 0 aliphatic heterocycles. The number of nitrogens with one attached hydrogen (secondary N) is 1. The van der Waals surface area contributed by atoms with Gasteiger partial charge in [-0.1, -0.05) is 0 Å². The Morgan fingerprint density at radius 2 is 2.10 bits per heavy atom. The molecule has 0 atom stereocenters. The second-order valence-corrected chi connectivity index (χ2v) is 6.57. The Morgan fingerprint density at radius 3 is 2.79 bits per heavy atom. The summed E-state index contributed by atoms with van der Waals surface area (Å²) in [5.74, 6) is 0.560. The van der Waals surface area contributed by atoms with Gasteiger partial charge in [-0.25, -0.2) is 19.2 Å².